The quantitative estimate of drug-likeness (QED) is 0.820. The molecule has 0 heterocycles. The summed E-state index contributed by atoms with van der Waals surface area (Å²) >= 11 is 11.7. The predicted molar refractivity (Wildman–Crippen MR) is 93.3 cm³/mol. The Labute approximate surface area is 149 Å². The van der Waals surface area contributed by atoms with E-state index in [-0.39, 0.29) is 16.3 Å². The van der Waals surface area contributed by atoms with Crippen molar-refractivity contribution in [2.24, 2.45) is 0 Å². The first-order chi connectivity index (χ1) is 11.3. The van der Waals surface area contributed by atoms with Crippen LogP contribution in [-0.4, -0.2) is 23.1 Å². The van der Waals surface area contributed by atoms with E-state index in [1.807, 2.05) is 6.92 Å². The monoisotopic (exact) mass is 367 g/mol. The van der Waals surface area contributed by atoms with E-state index in [2.05, 4.69) is 5.32 Å². The molecule has 0 fully saturated rings. The van der Waals surface area contributed by atoms with Gasteiger partial charge in [-0.3, -0.25) is 4.79 Å². The van der Waals surface area contributed by atoms with Crippen molar-refractivity contribution in [1.29, 1.82) is 0 Å². The number of carboxylic acids is 1. The third-order valence-electron chi connectivity index (χ3n) is 3.28. The molecule has 1 amide bonds. The Balaban J connectivity index is 2.13. The first-order valence-electron chi connectivity index (χ1n) is 7.04. The number of benzene rings is 2. The van der Waals surface area contributed by atoms with Crippen molar-refractivity contribution in [2.45, 2.75) is 20.0 Å². The van der Waals surface area contributed by atoms with Crippen molar-refractivity contribution in [3.8, 4) is 5.75 Å². The molecule has 0 aliphatic heterocycles. The lowest BCUT2D eigenvalue weighted by atomic mass is 10.1. The van der Waals surface area contributed by atoms with Crippen molar-refractivity contribution in [3.63, 3.8) is 0 Å². The highest BCUT2D eigenvalue weighted by Crippen LogP contribution is 2.24. The molecule has 0 bridgehead atoms. The van der Waals surface area contributed by atoms with E-state index in [9.17, 15) is 14.7 Å². The fraction of sp³-hybridized carbons (Fsp3) is 0.176. The number of carboxylic acid groups (broad SMARTS) is 1. The number of ether oxygens (including phenoxy) is 1. The van der Waals surface area contributed by atoms with E-state index in [1.165, 1.54) is 18.2 Å². The van der Waals surface area contributed by atoms with Crippen LogP contribution in [-0.2, 0) is 4.79 Å². The number of rotatable bonds is 5. The second kappa shape index (κ2) is 7.55. The Kier molecular flexibility index (Phi) is 5.70. The minimum absolute atomic E-state index is 0.0919. The number of aromatic carboxylic acids is 1. The number of carbonyl (C=O) groups excluding carboxylic acids is 1. The van der Waals surface area contributed by atoms with Gasteiger partial charge in [-0.15, -0.1) is 0 Å². The number of aryl methyl sites for hydroxylation is 1. The Morgan fingerprint density at radius 1 is 1.12 bits per heavy atom. The smallest absolute Gasteiger partial charge is 0.337 e. The van der Waals surface area contributed by atoms with Crippen LogP contribution >= 0.6 is 23.2 Å². The summed E-state index contributed by atoms with van der Waals surface area (Å²) < 4.78 is 5.61. The maximum absolute atomic E-state index is 12.3. The minimum Gasteiger partial charge on any atom is -0.481 e. The number of nitrogens with one attached hydrogen (secondary N) is 1. The van der Waals surface area contributed by atoms with Crippen LogP contribution in [0.15, 0.2) is 36.4 Å². The second-order valence-corrected chi connectivity index (χ2v) is 6.03. The van der Waals surface area contributed by atoms with Gasteiger partial charge < -0.3 is 15.2 Å². The molecule has 0 spiro atoms. The average Bonchev–Trinajstić information content (AvgIpc) is 2.51. The number of carbonyl (C=O) groups is 2. The molecule has 126 valence electrons. The summed E-state index contributed by atoms with van der Waals surface area (Å²) in [4.78, 5) is 23.5. The number of hydrogen-bond acceptors (Lipinski definition) is 3. The van der Waals surface area contributed by atoms with Crippen LogP contribution in [0.5, 0.6) is 5.75 Å². The molecule has 0 saturated heterocycles. The van der Waals surface area contributed by atoms with Crippen LogP contribution in [0.25, 0.3) is 0 Å². The molecular formula is C17H15Cl2NO4. The van der Waals surface area contributed by atoms with E-state index < -0.39 is 18.0 Å². The highest BCUT2D eigenvalue weighted by Gasteiger charge is 2.19. The second-order valence-electron chi connectivity index (χ2n) is 5.15. The Morgan fingerprint density at radius 3 is 2.38 bits per heavy atom. The SMILES string of the molecule is Cc1cc(Cl)ccc1OC(C)C(=O)Nc1ccc(Cl)cc1C(=O)O. The van der Waals surface area contributed by atoms with E-state index in [0.29, 0.717) is 10.8 Å². The molecule has 2 aromatic rings. The normalized spacial score (nSPS) is 11.7. The number of amides is 1. The number of hydrogen-bond donors (Lipinski definition) is 2. The van der Waals surface area contributed by atoms with Gasteiger partial charge >= 0.3 is 5.97 Å². The Hall–Kier alpha value is -2.24. The van der Waals surface area contributed by atoms with Crippen LogP contribution in [0, 0.1) is 6.92 Å². The molecule has 5 nitrogen and oxygen atoms in total. The van der Waals surface area contributed by atoms with Crippen LogP contribution in [0.2, 0.25) is 10.0 Å². The van der Waals surface area contributed by atoms with Gasteiger partial charge in [0.15, 0.2) is 6.10 Å². The summed E-state index contributed by atoms with van der Waals surface area (Å²) in [6.45, 7) is 3.38. The van der Waals surface area contributed by atoms with Crippen LogP contribution in [0.4, 0.5) is 5.69 Å². The van der Waals surface area contributed by atoms with Gasteiger partial charge in [-0.05, 0) is 55.8 Å². The molecule has 2 aromatic carbocycles. The minimum atomic E-state index is -1.19. The molecule has 24 heavy (non-hydrogen) atoms. The first kappa shape index (κ1) is 18.1. The number of halogens is 2. The van der Waals surface area contributed by atoms with E-state index in [0.717, 1.165) is 5.56 Å². The first-order valence-corrected chi connectivity index (χ1v) is 7.80. The molecule has 0 saturated carbocycles. The van der Waals surface area contributed by atoms with Gasteiger partial charge in [0.1, 0.15) is 5.75 Å². The molecule has 0 radical (unpaired) electrons. The molecule has 1 atom stereocenters. The summed E-state index contributed by atoms with van der Waals surface area (Å²) in [6, 6.07) is 9.27. The zero-order valence-corrected chi connectivity index (χ0v) is 14.5. The summed E-state index contributed by atoms with van der Waals surface area (Å²) in [6.07, 6.45) is -0.831. The van der Waals surface area contributed by atoms with Crippen LogP contribution in [0.3, 0.4) is 0 Å². The lowest BCUT2D eigenvalue weighted by molar-refractivity contribution is -0.122. The lowest BCUT2D eigenvalue weighted by Crippen LogP contribution is -2.31. The molecule has 2 rings (SSSR count). The van der Waals surface area contributed by atoms with E-state index in [1.54, 1.807) is 25.1 Å². The molecule has 0 aliphatic rings. The fourth-order valence-electron chi connectivity index (χ4n) is 2.03. The Morgan fingerprint density at radius 2 is 1.75 bits per heavy atom. The number of anilines is 1. The van der Waals surface area contributed by atoms with Gasteiger partial charge in [0, 0.05) is 10.0 Å². The average molecular weight is 368 g/mol. The molecule has 0 aromatic heterocycles. The van der Waals surface area contributed by atoms with Crippen molar-refractivity contribution < 1.29 is 19.4 Å². The molecule has 7 heteroatoms. The van der Waals surface area contributed by atoms with Gasteiger partial charge in [-0.25, -0.2) is 4.79 Å². The standard InChI is InChI=1S/C17H15Cl2NO4/c1-9-7-11(18)4-6-15(9)24-10(2)16(21)20-14-5-3-12(19)8-13(14)17(22)23/h3-8,10H,1-2H3,(H,20,21)(H,22,23). The highest BCUT2D eigenvalue weighted by atomic mass is 35.5. The van der Waals surface area contributed by atoms with Gasteiger partial charge in [0.2, 0.25) is 0 Å². The zero-order valence-electron chi connectivity index (χ0n) is 13.0. The maximum Gasteiger partial charge on any atom is 0.337 e. The topological polar surface area (TPSA) is 75.6 Å². The van der Waals surface area contributed by atoms with Crippen LogP contribution in [0.1, 0.15) is 22.8 Å². The third-order valence-corrected chi connectivity index (χ3v) is 3.75. The van der Waals surface area contributed by atoms with E-state index in [4.69, 9.17) is 27.9 Å². The van der Waals surface area contributed by atoms with Crippen molar-refractivity contribution in [1.82, 2.24) is 0 Å². The summed E-state index contributed by atoms with van der Waals surface area (Å²) in [5.41, 5.74) is 0.853. The fourth-order valence-corrected chi connectivity index (χ4v) is 2.42. The lowest BCUT2D eigenvalue weighted by Gasteiger charge is -2.17. The highest BCUT2D eigenvalue weighted by molar-refractivity contribution is 6.31. The molecule has 0 aliphatic carbocycles. The van der Waals surface area contributed by atoms with Gasteiger partial charge in [0.05, 0.1) is 11.3 Å². The van der Waals surface area contributed by atoms with Gasteiger partial charge in [0.25, 0.3) is 5.91 Å². The summed E-state index contributed by atoms with van der Waals surface area (Å²) in [7, 11) is 0. The molecule has 2 N–H and O–H groups in total. The largest absolute Gasteiger partial charge is 0.481 e. The molecule has 1 unspecified atom stereocenters. The zero-order chi connectivity index (χ0) is 17.9. The van der Waals surface area contributed by atoms with Gasteiger partial charge in [-0.1, -0.05) is 23.2 Å². The van der Waals surface area contributed by atoms with Crippen molar-refractivity contribution in [3.05, 3.63) is 57.6 Å². The van der Waals surface area contributed by atoms with Gasteiger partial charge in [-0.2, -0.15) is 0 Å². The van der Waals surface area contributed by atoms with Crippen molar-refractivity contribution >= 4 is 40.8 Å². The summed E-state index contributed by atoms with van der Waals surface area (Å²) in [5.74, 6) is -1.14. The Bertz CT molecular complexity index is 792. The maximum atomic E-state index is 12.3. The summed E-state index contributed by atoms with van der Waals surface area (Å²) in [5, 5.41) is 12.6. The van der Waals surface area contributed by atoms with Crippen LogP contribution < -0.4 is 10.1 Å². The predicted octanol–water partition coefficient (Wildman–Crippen LogP) is 4.41. The third kappa shape index (κ3) is 4.40. The molecular weight excluding hydrogens is 353 g/mol. The van der Waals surface area contributed by atoms with Crippen molar-refractivity contribution in [2.75, 3.05) is 5.32 Å². The van der Waals surface area contributed by atoms with E-state index >= 15 is 0 Å².